The molecule has 0 unspecified atom stereocenters. The van der Waals surface area contributed by atoms with Gasteiger partial charge < -0.3 is 14.8 Å². The Bertz CT molecular complexity index is 341. The Morgan fingerprint density at radius 3 is 2.65 bits per heavy atom. The van der Waals surface area contributed by atoms with Crippen molar-refractivity contribution in [2.75, 3.05) is 26.5 Å². The standard InChI is InChI=1S/C12H17NO2S2/c1-14-11-5-3-10(4-6-11)9-15-8-7-13-12(16)17-2/h3-6H,7-9H2,1-2H3,(H,13,16). The molecule has 0 saturated carbocycles. The van der Waals surface area contributed by atoms with Gasteiger partial charge in [0.1, 0.15) is 10.1 Å². The van der Waals surface area contributed by atoms with Gasteiger partial charge in [-0.25, -0.2) is 0 Å². The molecule has 3 nitrogen and oxygen atoms in total. The third kappa shape index (κ3) is 5.91. The number of ether oxygens (including phenoxy) is 2. The number of nitrogens with one attached hydrogen (secondary N) is 1. The van der Waals surface area contributed by atoms with Crippen molar-refractivity contribution < 1.29 is 9.47 Å². The summed E-state index contributed by atoms with van der Waals surface area (Å²) in [6, 6.07) is 7.86. The van der Waals surface area contributed by atoms with Gasteiger partial charge in [0.25, 0.3) is 0 Å². The molecular weight excluding hydrogens is 254 g/mol. The molecule has 0 spiro atoms. The summed E-state index contributed by atoms with van der Waals surface area (Å²) in [5, 5.41) is 3.09. The van der Waals surface area contributed by atoms with Crippen LogP contribution in [0.5, 0.6) is 5.75 Å². The van der Waals surface area contributed by atoms with Crippen molar-refractivity contribution >= 4 is 28.3 Å². The van der Waals surface area contributed by atoms with E-state index in [1.807, 2.05) is 30.5 Å². The third-order valence-electron chi connectivity index (χ3n) is 2.13. The fourth-order valence-electron chi connectivity index (χ4n) is 1.21. The molecule has 94 valence electrons. The third-order valence-corrected chi connectivity index (χ3v) is 3.29. The van der Waals surface area contributed by atoms with Gasteiger partial charge in [0.05, 0.1) is 20.3 Å². The Hall–Kier alpha value is -0.780. The van der Waals surface area contributed by atoms with E-state index in [4.69, 9.17) is 21.7 Å². The van der Waals surface area contributed by atoms with Gasteiger partial charge in [0.15, 0.2) is 0 Å². The molecule has 0 atom stereocenters. The summed E-state index contributed by atoms with van der Waals surface area (Å²) in [7, 11) is 1.66. The molecule has 0 bridgehead atoms. The molecule has 0 heterocycles. The second-order valence-corrected chi connectivity index (χ2v) is 4.80. The van der Waals surface area contributed by atoms with Crippen molar-refractivity contribution in [3.05, 3.63) is 29.8 Å². The maximum absolute atomic E-state index is 5.52. The Morgan fingerprint density at radius 1 is 1.35 bits per heavy atom. The summed E-state index contributed by atoms with van der Waals surface area (Å²) in [5.74, 6) is 0.862. The number of hydrogen-bond acceptors (Lipinski definition) is 4. The van der Waals surface area contributed by atoms with Gasteiger partial charge in [0, 0.05) is 6.54 Å². The molecule has 0 saturated heterocycles. The molecule has 0 fully saturated rings. The summed E-state index contributed by atoms with van der Waals surface area (Å²) in [6.45, 7) is 2.00. The zero-order valence-electron chi connectivity index (χ0n) is 10.1. The van der Waals surface area contributed by atoms with E-state index >= 15 is 0 Å². The first-order chi connectivity index (χ1) is 8.26. The number of benzene rings is 1. The van der Waals surface area contributed by atoms with Gasteiger partial charge in [-0.05, 0) is 24.0 Å². The van der Waals surface area contributed by atoms with Gasteiger partial charge in [-0.2, -0.15) is 0 Å². The lowest BCUT2D eigenvalue weighted by atomic mass is 10.2. The van der Waals surface area contributed by atoms with Crippen LogP contribution in [0.3, 0.4) is 0 Å². The van der Waals surface area contributed by atoms with Gasteiger partial charge >= 0.3 is 0 Å². The molecule has 0 aliphatic carbocycles. The number of thiocarbonyl (C=S) groups is 1. The lowest BCUT2D eigenvalue weighted by Crippen LogP contribution is -2.22. The van der Waals surface area contributed by atoms with Crippen LogP contribution in [0.4, 0.5) is 0 Å². The second kappa shape index (κ2) is 8.33. The summed E-state index contributed by atoms with van der Waals surface area (Å²) in [5.41, 5.74) is 1.14. The van der Waals surface area contributed by atoms with E-state index in [0.717, 1.165) is 22.2 Å². The highest BCUT2D eigenvalue weighted by molar-refractivity contribution is 8.22. The van der Waals surface area contributed by atoms with Crippen LogP contribution in [0.25, 0.3) is 0 Å². The predicted molar refractivity (Wildman–Crippen MR) is 76.8 cm³/mol. The van der Waals surface area contributed by atoms with Crippen molar-refractivity contribution in [1.82, 2.24) is 5.32 Å². The van der Waals surface area contributed by atoms with E-state index in [-0.39, 0.29) is 0 Å². The molecule has 5 heteroatoms. The van der Waals surface area contributed by atoms with Gasteiger partial charge in [0.2, 0.25) is 0 Å². The number of hydrogen-bond donors (Lipinski definition) is 1. The maximum Gasteiger partial charge on any atom is 0.133 e. The fourth-order valence-corrected chi connectivity index (χ4v) is 1.56. The van der Waals surface area contributed by atoms with Crippen LogP contribution in [0, 0.1) is 0 Å². The number of thioether (sulfide) groups is 1. The molecule has 0 aliphatic rings. The summed E-state index contributed by atoms with van der Waals surface area (Å²) < 4.78 is 11.4. The Morgan fingerprint density at radius 2 is 2.06 bits per heavy atom. The quantitative estimate of drug-likeness (QED) is 0.634. The first kappa shape index (κ1) is 14.3. The maximum atomic E-state index is 5.52. The van der Waals surface area contributed by atoms with Crippen molar-refractivity contribution in [3.63, 3.8) is 0 Å². The highest BCUT2D eigenvalue weighted by Gasteiger charge is 1.95. The molecule has 0 aliphatic heterocycles. The van der Waals surface area contributed by atoms with Crippen molar-refractivity contribution in [2.45, 2.75) is 6.61 Å². The van der Waals surface area contributed by atoms with E-state index in [1.54, 1.807) is 7.11 Å². The van der Waals surface area contributed by atoms with Crippen LogP contribution >= 0.6 is 24.0 Å². The van der Waals surface area contributed by atoms with E-state index in [9.17, 15) is 0 Å². The fraction of sp³-hybridized carbons (Fsp3) is 0.417. The van der Waals surface area contributed by atoms with Gasteiger partial charge in [-0.1, -0.05) is 24.4 Å². The van der Waals surface area contributed by atoms with Crippen LogP contribution in [0.15, 0.2) is 24.3 Å². The predicted octanol–water partition coefficient (Wildman–Crippen LogP) is 2.45. The minimum Gasteiger partial charge on any atom is -0.497 e. The molecule has 0 radical (unpaired) electrons. The SMILES string of the molecule is COc1ccc(COCCNC(=S)SC)cc1. The van der Waals surface area contributed by atoms with Crippen molar-refractivity contribution in [1.29, 1.82) is 0 Å². The summed E-state index contributed by atoms with van der Waals surface area (Å²) in [6.07, 6.45) is 1.95. The van der Waals surface area contributed by atoms with E-state index < -0.39 is 0 Å². The average Bonchev–Trinajstić information content (AvgIpc) is 2.38. The lowest BCUT2D eigenvalue weighted by molar-refractivity contribution is 0.126. The van der Waals surface area contributed by atoms with E-state index in [1.165, 1.54) is 11.8 Å². The summed E-state index contributed by atoms with van der Waals surface area (Å²) in [4.78, 5) is 0. The Labute approximate surface area is 112 Å². The summed E-state index contributed by atoms with van der Waals surface area (Å²) >= 11 is 6.54. The monoisotopic (exact) mass is 271 g/mol. The molecule has 1 aromatic carbocycles. The molecule has 1 aromatic rings. The van der Waals surface area contributed by atoms with Crippen LogP contribution in [-0.2, 0) is 11.3 Å². The van der Waals surface area contributed by atoms with E-state index in [0.29, 0.717) is 13.2 Å². The smallest absolute Gasteiger partial charge is 0.133 e. The highest BCUT2D eigenvalue weighted by Crippen LogP contribution is 2.11. The van der Waals surface area contributed by atoms with Crippen LogP contribution in [0.1, 0.15) is 5.56 Å². The molecule has 1 rings (SSSR count). The average molecular weight is 271 g/mol. The number of methoxy groups -OCH3 is 1. The van der Waals surface area contributed by atoms with Crippen LogP contribution in [-0.4, -0.2) is 30.8 Å². The Balaban J connectivity index is 2.15. The zero-order valence-corrected chi connectivity index (χ0v) is 11.7. The molecule has 17 heavy (non-hydrogen) atoms. The topological polar surface area (TPSA) is 30.5 Å². The lowest BCUT2D eigenvalue weighted by Gasteiger charge is -2.07. The number of rotatable bonds is 6. The Kier molecular flexibility index (Phi) is 7.00. The van der Waals surface area contributed by atoms with Crippen LogP contribution in [0.2, 0.25) is 0 Å². The van der Waals surface area contributed by atoms with Gasteiger partial charge in [-0.15, -0.1) is 11.8 Å². The normalized spacial score (nSPS) is 10.0. The minimum atomic E-state index is 0.609. The largest absolute Gasteiger partial charge is 0.497 e. The van der Waals surface area contributed by atoms with Crippen molar-refractivity contribution in [2.24, 2.45) is 0 Å². The second-order valence-electron chi connectivity index (χ2n) is 3.32. The first-order valence-electron chi connectivity index (χ1n) is 5.28. The van der Waals surface area contributed by atoms with Crippen LogP contribution < -0.4 is 10.1 Å². The molecule has 0 aromatic heterocycles. The zero-order chi connectivity index (χ0) is 12.5. The van der Waals surface area contributed by atoms with E-state index in [2.05, 4.69) is 5.32 Å². The van der Waals surface area contributed by atoms with Crippen molar-refractivity contribution in [3.8, 4) is 5.75 Å². The molecule has 0 amide bonds. The minimum absolute atomic E-state index is 0.609. The van der Waals surface area contributed by atoms with Gasteiger partial charge in [-0.3, -0.25) is 0 Å². The highest BCUT2D eigenvalue weighted by atomic mass is 32.2. The first-order valence-corrected chi connectivity index (χ1v) is 6.92. The molecule has 1 N–H and O–H groups in total. The molecular formula is C12H17NO2S2.